The average molecular weight is 387 g/mol. The lowest BCUT2D eigenvalue weighted by molar-refractivity contribution is 0.244. The number of ether oxygens (including phenoxy) is 1. The number of benzene rings is 1. The van der Waals surface area contributed by atoms with E-state index in [9.17, 15) is 0 Å². The number of aromatic nitrogens is 4. The number of fused-ring (bicyclic) bond motifs is 1. The van der Waals surface area contributed by atoms with Crippen molar-refractivity contribution in [1.82, 2.24) is 25.1 Å². The Hall–Kier alpha value is -3.45. The Bertz CT molecular complexity index is 1090. The molecule has 0 saturated carbocycles. The number of H-pyrrole nitrogens is 1. The number of aromatic amines is 1. The molecule has 1 aromatic carbocycles. The zero-order valence-corrected chi connectivity index (χ0v) is 16.1. The minimum atomic E-state index is 0.608. The maximum atomic E-state index is 5.36. The van der Waals surface area contributed by atoms with Crippen molar-refractivity contribution in [3.8, 4) is 28.6 Å². The van der Waals surface area contributed by atoms with Crippen molar-refractivity contribution in [3.63, 3.8) is 0 Å². The summed E-state index contributed by atoms with van der Waals surface area (Å²) in [5, 5.41) is 7.80. The number of hydrogen-bond acceptors (Lipinski definition) is 6. The van der Waals surface area contributed by atoms with Crippen LogP contribution in [0.1, 0.15) is 16.8 Å². The van der Waals surface area contributed by atoms with Crippen molar-refractivity contribution in [2.45, 2.75) is 19.5 Å². The van der Waals surface area contributed by atoms with Crippen LogP contribution in [0.5, 0.6) is 5.75 Å². The number of hydrogen-bond donors (Lipinski definition) is 1. The highest BCUT2D eigenvalue weighted by molar-refractivity contribution is 5.65. The Morgan fingerprint density at radius 3 is 2.69 bits per heavy atom. The molecule has 4 heterocycles. The maximum Gasteiger partial charge on any atom is 0.195 e. The third kappa shape index (κ3) is 3.52. The summed E-state index contributed by atoms with van der Waals surface area (Å²) in [5.74, 6) is 2.13. The maximum absolute atomic E-state index is 5.36. The molecule has 1 aliphatic rings. The van der Waals surface area contributed by atoms with E-state index >= 15 is 0 Å². The van der Waals surface area contributed by atoms with Gasteiger partial charge in [0.1, 0.15) is 5.75 Å². The molecule has 7 heteroatoms. The van der Waals surface area contributed by atoms with E-state index in [1.807, 2.05) is 36.7 Å². The second-order valence-electron chi connectivity index (χ2n) is 7.11. The molecule has 29 heavy (non-hydrogen) atoms. The van der Waals surface area contributed by atoms with Gasteiger partial charge in [0.05, 0.1) is 19.1 Å². The van der Waals surface area contributed by atoms with Crippen LogP contribution in [0.15, 0.2) is 59.5 Å². The number of furan rings is 1. The van der Waals surface area contributed by atoms with Crippen LogP contribution in [0.25, 0.3) is 22.8 Å². The number of rotatable bonds is 5. The highest BCUT2D eigenvalue weighted by atomic mass is 16.5. The van der Waals surface area contributed by atoms with Gasteiger partial charge in [-0.2, -0.15) is 5.10 Å². The summed E-state index contributed by atoms with van der Waals surface area (Å²) < 4.78 is 10.6. The van der Waals surface area contributed by atoms with Gasteiger partial charge in [-0.05, 0) is 36.4 Å². The highest BCUT2D eigenvalue weighted by Gasteiger charge is 2.23. The molecular weight excluding hydrogens is 366 g/mol. The molecule has 0 bridgehead atoms. The first-order chi connectivity index (χ1) is 14.3. The Kier molecular flexibility index (Phi) is 4.57. The van der Waals surface area contributed by atoms with Gasteiger partial charge in [0.15, 0.2) is 11.6 Å². The van der Waals surface area contributed by atoms with E-state index < -0.39 is 0 Å². The van der Waals surface area contributed by atoms with Crippen LogP contribution >= 0.6 is 0 Å². The zero-order chi connectivity index (χ0) is 19.6. The first-order valence-electron chi connectivity index (χ1n) is 9.58. The lowest BCUT2D eigenvalue weighted by Gasteiger charge is -2.26. The highest BCUT2D eigenvalue weighted by Crippen LogP contribution is 2.30. The van der Waals surface area contributed by atoms with Gasteiger partial charge in [0.25, 0.3) is 0 Å². The van der Waals surface area contributed by atoms with Crippen LogP contribution in [-0.2, 0) is 19.5 Å². The molecule has 0 amide bonds. The first kappa shape index (κ1) is 17.6. The van der Waals surface area contributed by atoms with Crippen LogP contribution < -0.4 is 4.74 Å². The Morgan fingerprint density at radius 2 is 1.97 bits per heavy atom. The number of methoxy groups -OCH3 is 1. The lowest BCUT2D eigenvalue weighted by atomic mass is 10.0. The van der Waals surface area contributed by atoms with Crippen LogP contribution in [0, 0.1) is 0 Å². The fourth-order valence-electron chi connectivity index (χ4n) is 3.70. The standard InChI is InChI=1S/C22H21N5O2/c1-28-17-6-4-16(5-7-17)21-18-14-27(9-8-19(18)25-26-21)13-15-11-23-22(24-12-15)20-3-2-10-29-20/h2-7,10-12H,8-9,13-14H2,1H3,(H,25,26). The third-order valence-corrected chi connectivity index (χ3v) is 5.23. The van der Waals surface area contributed by atoms with Gasteiger partial charge in [-0.15, -0.1) is 0 Å². The average Bonchev–Trinajstić information content (AvgIpc) is 3.44. The fourth-order valence-corrected chi connectivity index (χ4v) is 3.70. The molecule has 0 fully saturated rings. The minimum Gasteiger partial charge on any atom is -0.497 e. The second-order valence-corrected chi connectivity index (χ2v) is 7.11. The zero-order valence-electron chi connectivity index (χ0n) is 16.1. The third-order valence-electron chi connectivity index (χ3n) is 5.23. The van der Waals surface area contributed by atoms with E-state index in [1.165, 1.54) is 11.3 Å². The van der Waals surface area contributed by atoms with E-state index in [0.717, 1.165) is 48.6 Å². The predicted molar refractivity (Wildman–Crippen MR) is 108 cm³/mol. The van der Waals surface area contributed by atoms with Crippen LogP contribution in [0.3, 0.4) is 0 Å². The molecule has 0 atom stereocenters. The molecule has 1 N–H and O–H groups in total. The molecule has 3 aromatic heterocycles. The molecule has 0 saturated heterocycles. The van der Waals surface area contributed by atoms with Gasteiger partial charge in [-0.25, -0.2) is 9.97 Å². The molecule has 0 radical (unpaired) electrons. The SMILES string of the molecule is COc1ccc(-c2n[nH]c3c2CN(Cc2cnc(-c4ccco4)nc2)CC3)cc1. The quantitative estimate of drug-likeness (QED) is 0.563. The lowest BCUT2D eigenvalue weighted by Crippen LogP contribution is -2.30. The van der Waals surface area contributed by atoms with E-state index in [2.05, 4.69) is 37.2 Å². The molecule has 4 aromatic rings. The van der Waals surface area contributed by atoms with Crippen LogP contribution in [0.2, 0.25) is 0 Å². The van der Waals surface area contributed by atoms with Crippen molar-refractivity contribution < 1.29 is 9.15 Å². The van der Waals surface area contributed by atoms with Crippen molar-refractivity contribution in [2.75, 3.05) is 13.7 Å². The van der Waals surface area contributed by atoms with Gasteiger partial charge in [0, 0.05) is 60.8 Å². The predicted octanol–water partition coefficient (Wildman–Crippen LogP) is 3.69. The largest absolute Gasteiger partial charge is 0.497 e. The van der Waals surface area contributed by atoms with E-state index in [0.29, 0.717) is 11.6 Å². The summed E-state index contributed by atoms with van der Waals surface area (Å²) in [6.07, 6.45) is 6.33. The molecule has 5 rings (SSSR count). The molecular formula is C22H21N5O2. The van der Waals surface area contributed by atoms with E-state index in [4.69, 9.17) is 9.15 Å². The Morgan fingerprint density at radius 1 is 1.14 bits per heavy atom. The number of nitrogens with zero attached hydrogens (tertiary/aromatic N) is 4. The van der Waals surface area contributed by atoms with Gasteiger partial charge in [-0.3, -0.25) is 10.00 Å². The van der Waals surface area contributed by atoms with Gasteiger partial charge in [0.2, 0.25) is 0 Å². The van der Waals surface area contributed by atoms with E-state index in [-0.39, 0.29) is 0 Å². The topological polar surface area (TPSA) is 80.1 Å². The molecule has 0 spiro atoms. The van der Waals surface area contributed by atoms with E-state index in [1.54, 1.807) is 13.4 Å². The molecule has 146 valence electrons. The van der Waals surface area contributed by atoms with Crippen molar-refractivity contribution >= 4 is 0 Å². The van der Waals surface area contributed by atoms with Crippen molar-refractivity contribution in [1.29, 1.82) is 0 Å². The molecule has 7 nitrogen and oxygen atoms in total. The summed E-state index contributed by atoms with van der Waals surface area (Å²) in [6.45, 7) is 2.61. The summed E-state index contributed by atoms with van der Waals surface area (Å²) in [5.41, 5.74) is 5.66. The summed E-state index contributed by atoms with van der Waals surface area (Å²) in [7, 11) is 1.67. The van der Waals surface area contributed by atoms with Crippen LogP contribution in [0.4, 0.5) is 0 Å². The smallest absolute Gasteiger partial charge is 0.195 e. The molecule has 0 aliphatic carbocycles. The minimum absolute atomic E-state index is 0.608. The Balaban J connectivity index is 1.32. The van der Waals surface area contributed by atoms with Gasteiger partial charge in [-0.1, -0.05) is 0 Å². The fraction of sp³-hybridized carbons (Fsp3) is 0.227. The normalized spacial score (nSPS) is 14.0. The summed E-state index contributed by atoms with van der Waals surface area (Å²) in [4.78, 5) is 11.3. The van der Waals surface area contributed by atoms with Gasteiger partial charge >= 0.3 is 0 Å². The summed E-state index contributed by atoms with van der Waals surface area (Å²) in [6, 6.07) is 11.7. The molecule has 1 aliphatic heterocycles. The van der Waals surface area contributed by atoms with Crippen molar-refractivity contribution in [3.05, 3.63) is 71.9 Å². The number of nitrogens with one attached hydrogen (secondary N) is 1. The van der Waals surface area contributed by atoms with Crippen molar-refractivity contribution in [2.24, 2.45) is 0 Å². The monoisotopic (exact) mass is 387 g/mol. The molecule has 0 unspecified atom stereocenters. The Labute approximate surface area is 168 Å². The first-order valence-corrected chi connectivity index (χ1v) is 9.58. The van der Waals surface area contributed by atoms with Gasteiger partial charge < -0.3 is 9.15 Å². The van der Waals surface area contributed by atoms with Crippen LogP contribution in [-0.4, -0.2) is 38.7 Å². The second kappa shape index (κ2) is 7.52. The summed E-state index contributed by atoms with van der Waals surface area (Å²) >= 11 is 0.